The summed E-state index contributed by atoms with van der Waals surface area (Å²) in [6, 6.07) is 15.8. The first-order chi connectivity index (χ1) is 15.2. The first-order valence-electron chi connectivity index (χ1n) is 10.4. The van der Waals surface area contributed by atoms with E-state index in [1.807, 2.05) is 51.1 Å². The number of amides is 2. The van der Waals surface area contributed by atoms with Gasteiger partial charge in [-0.15, -0.1) is 0 Å². The SMILES string of the molecule is Cc1ccc(N2C(=O)/C(=C/c3cc(C)n(-c4cc(C)cc(C)c4)c3C)C(=O)NC2=S)cc1. The number of anilines is 1. The van der Waals surface area contributed by atoms with Gasteiger partial charge in [0, 0.05) is 17.1 Å². The summed E-state index contributed by atoms with van der Waals surface area (Å²) in [6.45, 7) is 10.1. The number of nitrogens with zero attached hydrogens (tertiary/aromatic N) is 2. The molecule has 1 aliphatic heterocycles. The molecule has 6 heteroatoms. The van der Waals surface area contributed by atoms with E-state index in [2.05, 4.69) is 41.9 Å². The van der Waals surface area contributed by atoms with Gasteiger partial charge in [-0.3, -0.25) is 19.8 Å². The topological polar surface area (TPSA) is 54.3 Å². The Bertz CT molecular complexity index is 1280. The summed E-state index contributed by atoms with van der Waals surface area (Å²) in [7, 11) is 0. The molecule has 1 fully saturated rings. The summed E-state index contributed by atoms with van der Waals surface area (Å²) >= 11 is 5.29. The molecule has 5 nitrogen and oxygen atoms in total. The number of carbonyl (C=O) groups is 2. The standard InChI is InChI=1S/C26H25N3O2S/c1-15-6-8-21(9-7-15)29-25(31)23(24(30)27-26(29)32)14-20-13-18(4)28(19(20)5)22-11-16(2)10-17(3)12-22/h6-14H,1-5H3,(H,27,30,32)/b23-14+. The van der Waals surface area contributed by atoms with E-state index < -0.39 is 11.8 Å². The van der Waals surface area contributed by atoms with Crippen molar-refractivity contribution in [2.45, 2.75) is 34.6 Å². The van der Waals surface area contributed by atoms with Gasteiger partial charge >= 0.3 is 0 Å². The molecule has 32 heavy (non-hydrogen) atoms. The zero-order valence-corrected chi connectivity index (χ0v) is 19.6. The third-order valence-electron chi connectivity index (χ3n) is 5.63. The molecular formula is C26H25N3O2S. The van der Waals surface area contributed by atoms with E-state index in [4.69, 9.17) is 12.2 Å². The van der Waals surface area contributed by atoms with Crippen LogP contribution in [0.15, 0.2) is 54.1 Å². The lowest BCUT2D eigenvalue weighted by atomic mass is 10.1. The third-order valence-corrected chi connectivity index (χ3v) is 5.91. The highest BCUT2D eigenvalue weighted by molar-refractivity contribution is 7.80. The predicted molar refractivity (Wildman–Crippen MR) is 132 cm³/mol. The number of hydrogen-bond donors (Lipinski definition) is 1. The van der Waals surface area contributed by atoms with Gasteiger partial charge in [-0.25, -0.2) is 0 Å². The fourth-order valence-electron chi connectivity index (χ4n) is 4.15. The molecule has 1 saturated heterocycles. The highest BCUT2D eigenvalue weighted by atomic mass is 32.1. The maximum absolute atomic E-state index is 13.3. The van der Waals surface area contributed by atoms with Crippen LogP contribution in [0.4, 0.5) is 5.69 Å². The fraction of sp³-hybridized carbons (Fsp3) is 0.192. The van der Waals surface area contributed by atoms with Gasteiger partial charge in [0.05, 0.1) is 5.69 Å². The van der Waals surface area contributed by atoms with Gasteiger partial charge < -0.3 is 4.57 Å². The van der Waals surface area contributed by atoms with E-state index in [-0.39, 0.29) is 10.7 Å². The van der Waals surface area contributed by atoms with Gasteiger partial charge in [0.25, 0.3) is 11.8 Å². The van der Waals surface area contributed by atoms with E-state index in [1.54, 1.807) is 6.08 Å². The number of benzene rings is 2. The van der Waals surface area contributed by atoms with Crippen molar-refractivity contribution >= 4 is 40.9 Å². The molecule has 0 unspecified atom stereocenters. The summed E-state index contributed by atoms with van der Waals surface area (Å²) in [6.07, 6.45) is 1.65. The van der Waals surface area contributed by atoms with E-state index in [0.717, 1.165) is 28.2 Å². The predicted octanol–water partition coefficient (Wildman–Crippen LogP) is 4.85. The molecule has 2 aromatic carbocycles. The number of aryl methyl sites for hydroxylation is 4. The van der Waals surface area contributed by atoms with Gasteiger partial charge in [-0.2, -0.15) is 0 Å². The van der Waals surface area contributed by atoms with E-state index in [0.29, 0.717) is 5.69 Å². The molecule has 4 rings (SSSR count). The second-order valence-electron chi connectivity index (χ2n) is 8.30. The fourth-order valence-corrected chi connectivity index (χ4v) is 4.43. The molecule has 0 atom stereocenters. The minimum absolute atomic E-state index is 0.0554. The van der Waals surface area contributed by atoms with Gasteiger partial charge in [-0.1, -0.05) is 23.8 Å². The Kier molecular flexibility index (Phi) is 5.57. The Hall–Kier alpha value is -3.51. The van der Waals surface area contributed by atoms with Gasteiger partial charge in [0.15, 0.2) is 5.11 Å². The zero-order valence-electron chi connectivity index (χ0n) is 18.8. The monoisotopic (exact) mass is 443 g/mol. The number of nitrogens with one attached hydrogen (secondary N) is 1. The third kappa shape index (κ3) is 3.89. The van der Waals surface area contributed by atoms with E-state index in [9.17, 15) is 9.59 Å². The van der Waals surface area contributed by atoms with Crippen LogP contribution in [0.3, 0.4) is 0 Å². The van der Waals surface area contributed by atoms with Gasteiger partial charge in [-0.05, 0) is 99.9 Å². The normalized spacial score (nSPS) is 15.5. The van der Waals surface area contributed by atoms with Gasteiger partial charge in [0.2, 0.25) is 0 Å². The molecule has 1 aliphatic rings. The van der Waals surface area contributed by atoms with Crippen molar-refractivity contribution in [2.24, 2.45) is 0 Å². The minimum atomic E-state index is -0.487. The van der Waals surface area contributed by atoms with Crippen LogP contribution >= 0.6 is 12.2 Å². The number of hydrogen-bond acceptors (Lipinski definition) is 3. The average molecular weight is 444 g/mol. The van der Waals surface area contributed by atoms with Crippen molar-refractivity contribution in [1.29, 1.82) is 0 Å². The largest absolute Gasteiger partial charge is 0.318 e. The molecule has 0 radical (unpaired) electrons. The summed E-state index contributed by atoms with van der Waals surface area (Å²) < 4.78 is 2.14. The van der Waals surface area contributed by atoms with Crippen molar-refractivity contribution in [1.82, 2.24) is 9.88 Å². The van der Waals surface area contributed by atoms with Crippen molar-refractivity contribution in [3.63, 3.8) is 0 Å². The molecule has 0 saturated carbocycles. The zero-order chi connectivity index (χ0) is 23.2. The second kappa shape index (κ2) is 8.20. The quantitative estimate of drug-likeness (QED) is 0.358. The molecule has 162 valence electrons. The molecule has 2 heterocycles. The van der Waals surface area contributed by atoms with Gasteiger partial charge in [0.1, 0.15) is 5.57 Å². The highest BCUT2D eigenvalue weighted by Gasteiger charge is 2.34. The van der Waals surface area contributed by atoms with Crippen molar-refractivity contribution in [2.75, 3.05) is 4.90 Å². The van der Waals surface area contributed by atoms with Crippen LogP contribution in [0.2, 0.25) is 0 Å². The number of rotatable bonds is 3. The Balaban J connectivity index is 1.77. The Morgan fingerprint density at radius 2 is 1.44 bits per heavy atom. The minimum Gasteiger partial charge on any atom is -0.318 e. The molecule has 2 amide bonds. The number of aromatic nitrogens is 1. The number of carbonyl (C=O) groups excluding carboxylic acids is 2. The maximum Gasteiger partial charge on any atom is 0.270 e. The average Bonchev–Trinajstić information content (AvgIpc) is 2.98. The first kappa shape index (κ1) is 21.7. The Labute approximate surface area is 193 Å². The molecule has 0 aliphatic carbocycles. The lowest BCUT2D eigenvalue weighted by molar-refractivity contribution is -0.122. The summed E-state index contributed by atoms with van der Waals surface area (Å²) in [5.41, 5.74) is 7.96. The van der Waals surface area contributed by atoms with E-state index in [1.165, 1.54) is 16.0 Å². The molecular weight excluding hydrogens is 418 g/mol. The lowest BCUT2D eigenvalue weighted by Crippen LogP contribution is -2.54. The molecule has 0 spiro atoms. The summed E-state index contributed by atoms with van der Waals surface area (Å²) in [4.78, 5) is 27.4. The van der Waals surface area contributed by atoms with Crippen molar-refractivity contribution in [3.05, 3.63) is 87.7 Å². The Morgan fingerprint density at radius 1 is 0.812 bits per heavy atom. The van der Waals surface area contributed by atoms with Crippen LogP contribution < -0.4 is 10.2 Å². The van der Waals surface area contributed by atoms with Crippen LogP contribution in [0.1, 0.15) is 33.6 Å². The molecule has 3 aromatic rings. The number of thiocarbonyl (C=S) groups is 1. The van der Waals surface area contributed by atoms with Crippen LogP contribution in [-0.2, 0) is 9.59 Å². The smallest absolute Gasteiger partial charge is 0.270 e. The highest BCUT2D eigenvalue weighted by Crippen LogP contribution is 2.27. The Morgan fingerprint density at radius 3 is 2.06 bits per heavy atom. The maximum atomic E-state index is 13.3. The van der Waals surface area contributed by atoms with Crippen LogP contribution in [-0.4, -0.2) is 21.5 Å². The van der Waals surface area contributed by atoms with Crippen LogP contribution in [0.25, 0.3) is 11.8 Å². The van der Waals surface area contributed by atoms with Crippen molar-refractivity contribution in [3.8, 4) is 5.69 Å². The lowest BCUT2D eigenvalue weighted by Gasteiger charge is -2.29. The van der Waals surface area contributed by atoms with E-state index >= 15 is 0 Å². The summed E-state index contributed by atoms with van der Waals surface area (Å²) in [5, 5.41) is 2.74. The summed E-state index contributed by atoms with van der Waals surface area (Å²) in [5.74, 6) is -0.918. The van der Waals surface area contributed by atoms with Crippen LogP contribution in [0, 0.1) is 34.6 Å². The van der Waals surface area contributed by atoms with Crippen molar-refractivity contribution < 1.29 is 9.59 Å². The second-order valence-corrected chi connectivity index (χ2v) is 8.69. The molecule has 1 N–H and O–H groups in total. The molecule has 1 aromatic heterocycles. The van der Waals surface area contributed by atoms with Crippen LogP contribution in [0.5, 0.6) is 0 Å². The molecule has 0 bridgehead atoms. The first-order valence-corrected chi connectivity index (χ1v) is 10.8.